The predicted octanol–water partition coefficient (Wildman–Crippen LogP) is -3.69. The van der Waals surface area contributed by atoms with Crippen molar-refractivity contribution in [3.05, 3.63) is 66.5 Å². The van der Waals surface area contributed by atoms with Gasteiger partial charge in [-0.3, -0.25) is 4.55 Å². The molecule has 0 fully saturated rings. The summed E-state index contributed by atoms with van der Waals surface area (Å²) >= 11 is 0. The zero-order chi connectivity index (χ0) is 16.3. The Morgan fingerprint density at radius 3 is 2.31 bits per heavy atom. The average molecular weight is 599 g/mol. The summed E-state index contributed by atoms with van der Waals surface area (Å²) in [6, 6.07) is 18.0. The molecule has 2 aromatic carbocycles. The van der Waals surface area contributed by atoms with Crippen LogP contribution in [0.3, 0.4) is 0 Å². The molecule has 0 saturated carbocycles. The molecule has 145 valence electrons. The van der Waals surface area contributed by atoms with Gasteiger partial charge in [0, 0.05) is 7.85 Å². The van der Waals surface area contributed by atoms with E-state index in [9.17, 15) is 8.42 Å². The monoisotopic (exact) mass is 596 g/mol. The standard InChI is InChI=1S/C17H18N2O3S.2BrH.Pd.H2/c20-23(21,22)12-6-11-18-14-19(13-15-7-2-1-3-8-15)17-10-5-4-9-16(17)18;;;;/h1-5,7-10H,6,11-13H2,(H,20,21,22);2*1H;;1H/q+1;;;+2;/p-2. The first-order valence-corrected chi connectivity index (χ1v) is 9.03. The molecular formula is C17H20Br2N2O3PdS+. The van der Waals surface area contributed by atoms with Gasteiger partial charge >= 0.3 is 26.8 Å². The fourth-order valence-electron chi connectivity index (χ4n) is 2.64. The van der Waals surface area contributed by atoms with Crippen molar-refractivity contribution in [3.8, 4) is 0 Å². The van der Waals surface area contributed by atoms with Crippen LogP contribution in [0.2, 0.25) is 0 Å². The summed E-state index contributed by atoms with van der Waals surface area (Å²) in [6.07, 6.45) is 3.63. The molecule has 0 amide bonds. The minimum atomic E-state index is -3.92. The Morgan fingerprint density at radius 2 is 1.65 bits per heavy atom. The summed E-state index contributed by atoms with van der Waals surface area (Å²) in [6.45, 7) is 1.19. The van der Waals surface area contributed by atoms with Crippen LogP contribution >= 0.6 is 0 Å². The van der Waals surface area contributed by atoms with Crippen molar-refractivity contribution in [2.75, 3.05) is 5.75 Å². The summed E-state index contributed by atoms with van der Waals surface area (Å²) in [5.41, 5.74) is 3.22. The fourth-order valence-corrected chi connectivity index (χ4v) is 3.13. The molecule has 0 unspecified atom stereocenters. The first-order chi connectivity index (χ1) is 11.0. The van der Waals surface area contributed by atoms with Gasteiger partial charge in [0.15, 0.2) is 11.0 Å². The van der Waals surface area contributed by atoms with Crippen LogP contribution in [0.15, 0.2) is 54.6 Å². The first kappa shape index (κ1) is 25.4. The molecule has 3 aromatic rings. The SMILES string of the molecule is O=S(=O)(O)CCC[n+]1[c]n(Cc2ccccc2)c2ccccc21.[Br-].[Br-].[HH].[Pd+2]. The third-order valence-electron chi connectivity index (χ3n) is 3.67. The summed E-state index contributed by atoms with van der Waals surface area (Å²) in [5, 5.41) is 0. The van der Waals surface area contributed by atoms with Gasteiger partial charge in [-0.2, -0.15) is 8.42 Å². The number of aromatic nitrogens is 2. The smallest absolute Gasteiger partial charge is 1.00 e. The number of nitrogens with zero attached hydrogens (tertiary/aromatic N) is 2. The van der Waals surface area contributed by atoms with Gasteiger partial charge in [0.05, 0.1) is 12.3 Å². The van der Waals surface area contributed by atoms with Gasteiger partial charge in [0.1, 0.15) is 6.54 Å². The van der Waals surface area contributed by atoms with Crippen molar-refractivity contribution in [2.45, 2.75) is 19.5 Å². The first-order valence-electron chi connectivity index (χ1n) is 7.42. The Labute approximate surface area is 189 Å². The Bertz CT molecular complexity index is 924. The molecule has 26 heavy (non-hydrogen) atoms. The molecule has 9 heteroatoms. The molecule has 0 aliphatic carbocycles. The maximum atomic E-state index is 10.9. The van der Waals surface area contributed by atoms with Gasteiger partial charge in [-0.1, -0.05) is 42.5 Å². The fraction of sp³-hybridized carbons (Fsp3) is 0.235. The summed E-state index contributed by atoms with van der Waals surface area (Å²) < 4.78 is 34.5. The molecule has 1 N–H and O–H groups in total. The normalized spacial score (nSPS) is 10.5. The number of benzene rings is 2. The molecule has 0 saturated heterocycles. The van der Waals surface area contributed by atoms with Crippen LogP contribution in [0.4, 0.5) is 0 Å². The van der Waals surface area contributed by atoms with Crippen LogP contribution in [0, 0.1) is 6.33 Å². The van der Waals surface area contributed by atoms with Gasteiger partial charge in [0.25, 0.3) is 10.1 Å². The van der Waals surface area contributed by atoms with E-state index in [4.69, 9.17) is 4.55 Å². The van der Waals surface area contributed by atoms with E-state index in [0.29, 0.717) is 19.5 Å². The van der Waals surface area contributed by atoms with Crippen molar-refractivity contribution in [1.29, 1.82) is 0 Å². The molecule has 0 aliphatic heterocycles. The number of hydrogen-bond donors (Lipinski definition) is 1. The molecule has 1 heterocycles. The average Bonchev–Trinajstić information content (AvgIpc) is 2.86. The van der Waals surface area contributed by atoms with Crippen molar-refractivity contribution in [2.24, 2.45) is 0 Å². The Kier molecular flexibility index (Phi) is 11.1. The van der Waals surface area contributed by atoms with Crippen molar-refractivity contribution in [3.63, 3.8) is 0 Å². The van der Waals surface area contributed by atoms with E-state index >= 15 is 0 Å². The Balaban J connectivity index is 0. The zero-order valence-corrected chi connectivity index (χ0v) is 19.2. The van der Waals surface area contributed by atoms with E-state index in [-0.39, 0.29) is 61.6 Å². The van der Waals surface area contributed by atoms with Crippen molar-refractivity contribution >= 4 is 21.2 Å². The molecular weight excluding hydrogens is 578 g/mol. The van der Waals surface area contributed by atoms with E-state index in [1.54, 1.807) is 0 Å². The van der Waals surface area contributed by atoms with Crippen LogP contribution < -0.4 is 38.5 Å². The van der Waals surface area contributed by atoms with Crippen LogP contribution in [0.1, 0.15) is 13.4 Å². The number of aryl methyl sites for hydroxylation is 1. The number of halogens is 2. The van der Waals surface area contributed by atoms with Crippen LogP contribution in [-0.2, 0) is 43.6 Å². The third kappa shape index (κ3) is 6.87. The van der Waals surface area contributed by atoms with Gasteiger partial charge in [-0.05, 0) is 17.7 Å². The van der Waals surface area contributed by atoms with E-state index in [2.05, 4.69) is 18.5 Å². The van der Waals surface area contributed by atoms with Gasteiger partial charge in [0.2, 0.25) is 0 Å². The molecule has 0 aliphatic rings. The second kappa shape index (κ2) is 11.3. The van der Waals surface area contributed by atoms with Crippen LogP contribution in [0.25, 0.3) is 11.0 Å². The number of imidazole rings is 1. The number of para-hydroxylation sites is 2. The second-order valence-electron chi connectivity index (χ2n) is 5.45. The summed E-state index contributed by atoms with van der Waals surface area (Å²) in [5.74, 6) is -0.244. The number of fused-ring (bicyclic) bond motifs is 1. The molecule has 3 rings (SSSR count). The topological polar surface area (TPSA) is 63.2 Å². The molecule has 0 spiro atoms. The maximum absolute atomic E-state index is 10.9. The summed E-state index contributed by atoms with van der Waals surface area (Å²) in [7, 11) is -3.92. The summed E-state index contributed by atoms with van der Waals surface area (Å²) in [4.78, 5) is 0. The van der Waals surface area contributed by atoms with Crippen LogP contribution in [-0.4, -0.2) is 23.3 Å². The van der Waals surface area contributed by atoms with Gasteiger partial charge in [-0.25, -0.2) is 9.13 Å². The Hall–Kier alpha value is -0.558. The van der Waals surface area contributed by atoms with Crippen molar-refractivity contribution in [1.82, 2.24) is 4.57 Å². The van der Waals surface area contributed by atoms with E-state index in [1.165, 1.54) is 5.56 Å². The van der Waals surface area contributed by atoms with E-state index in [1.807, 2.05) is 51.6 Å². The van der Waals surface area contributed by atoms with Crippen molar-refractivity contribution < 1.29 is 73.4 Å². The van der Waals surface area contributed by atoms with E-state index in [0.717, 1.165) is 11.0 Å². The zero-order valence-electron chi connectivity index (χ0n) is 13.7. The van der Waals surface area contributed by atoms with Crippen LogP contribution in [0.5, 0.6) is 0 Å². The second-order valence-corrected chi connectivity index (χ2v) is 7.02. The quantitative estimate of drug-likeness (QED) is 0.181. The third-order valence-corrected chi connectivity index (χ3v) is 4.48. The maximum Gasteiger partial charge on any atom is 2.00 e. The molecule has 0 atom stereocenters. The van der Waals surface area contributed by atoms with Gasteiger partial charge in [-0.15, -0.1) is 0 Å². The molecule has 1 radical (unpaired) electrons. The van der Waals surface area contributed by atoms with E-state index < -0.39 is 10.1 Å². The number of hydrogen-bond acceptors (Lipinski definition) is 2. The Morgan fingerprint density at radius 1 is 1.04 bits per heavy atom. The molecule has 1 aromatic heterocycles. The number of rotatable bonds is 6. The predicted molar refractivity (Wildman–Crippen MR) is 89.7 cm³/mol. The van der Waals surface area contributed by atoms with Gasteiger partial charge < -0.3 is 34.0 Å². The largest absolute Gasteiger partial charge is 2.00 e. The minimum Gasteiger partial charge on any atom is -1.00 e. The molecule has 0 bridgehead atoms. The minimum absolute atomic E-state index is 0. The molecule has 5 nitrogen and oxygen atoms in total.